The number of carbonyl (C=O) groups excluding carboxylic acids is 1. The minimum atomic E-state index is 0.0820. The molecule has 1 atom stereocenters. The van der Waals surface area contributed by atoms with E-state index in [9.17, 15) is 4.79 Å². The lowest BCUT2D eigenvalue weighted by atomic mass is 10.0. The van der Waals surface area contributed by atoms with E-state index in [0.717, 1.165) is 30.8 Å². The molecule has 1 N–H and O–H groups in total. The fourth-order valence-electron chi connectivity index (χ4n) is 3.15. The molecular weight excluding hydrogens is 276 g/mol. The van der Waals surface area contributed by atoms with Gasteiger partial charge >= 0.3 is 0 Å². The minimum Gasteiger partial charge on any atom is -0.491 e. The number of amides is 1. The molecule has 2 aromatic carbocycles. The highest BCUT2D eigenvalue weighted by Gasteiger charge is 2.32. The molecule has 4 rings (SSSR count). The molecule has 1 saturated heterocycles. The first-order chi connectivity index (χ1) is 10.8. The van der Waals surface area contributed by atoms with Crippen LogP contribution in [0.2, 0.25) is 0 Å². The molecule has 112 valence electrons. The lowest BCUT2D eigenvalue weighted by molar-refractivity contribution is 0.0606. The average molecular weight is 294 g/mol. The summed E-state index contributed by atoms with van der Waals surface area (Å²) in [7, 11) is 0. The topological polar surface area (TPSA) is 41.6 Å². The lowest BCUT2D eigenvalue weighted by Crippen LogP contribution is -2.54. The van der Waals surface area contributed by atoms with Gasteiger partial charge in [-0.1, -0.05) is 36.4 Å². The Morgan fingerprint density at radius 1 is 1.09 bits per heavy atom. The maximum atomic E-state index is 12.7. The van der Waals surface area contributed by atoms with E-state index in [4.69, 9.17) is 4.74 Å². The largest absolute Gasteiger partial charge is 0.491 e. The Morgan fingerprint density at radius 2 is 1.95 bits per heavy atom. The number of rotatable bonds is 1. The monoisotopic (exact) mass is 294 g/mol. The van der Waals surface area contributed by atoms with Gasteiger partial charge in [0.15, 0.2) is 0 Å². The van der Waals surface area contributed by atoms with E-state index < -0.39 is 0 Å². The number of piperazine rings is 1. The van der Waals surface area contributed by atoms with Gasteiger partial charge in [0.25, 0.3) is 5.91 Å². The molecule has 4 heteroatoms. The van der Waals surface area contributed by atoms with Crippen LogP contribution in [0.5, 0.6) is 5.75 Å². The average Bonchev–Trinajstić information content (AvgIpc) is 2.73. The molecule has 2 aromatic rings. The van der Waals surface area contributed by atoms with E-state index in [1.807, 2.05) is 41.3 Å². The zero-order chi connectivity index (χ0) is 14.9. The number of nitrogens with zero attached hydrogens (tertiary/aromatic N) is 1. The van der Waals surface area contributed by atoms with Gasteiger partial charge in [0.05, 0.1) is 11.6 Å². The molecule has 0 aliphatic carbocycles. The third kappa shape index (κ3) is 2.25. The lowest BCUT2D eigenvalue weighted by Gasteiger charge is -2.33. The van der Waals surface area contributed by atoms with E-state index in [1.54, 1.807) is 0 Å². The van der Waals surface area contributed by atoms with Gasteiger partial charge in [-0.25, -0.2) is 0 Å². The molecule has 0 spiro atoms. The number of ether oxygens (including phenoxy) is 1. The molecule has 2 aliphatic rings. The van der Waals surface area contributed by atoms with Gasteiger partial charge in [-0.2, -0.15) is 0 Å². The third-order valence-electron chi connectivity index (χ3n) is 4.36. The molecule has 0 saturated carbocycles. The van der Waals surface area contributed by atoms with Crippen molar-refractivity contribution in [3.05, 3.63) is 54.1 Å². The summed E-state index contributed by atoms with van der Waals surface area (Å²) >= 11 is 0. The SMILES string of the molecule is O=C1c2ccc(-c3ccccc3)cc2OCC2CNCCN12. The molecule has 1 fully saturated rings. The van der Waals surface area contributed by atoms with Crippen LogP contribution in [0.25, 0.3) is 11.1 Å². The number of hydrogen-bond acceptors (Lipinski definition) is 3. The van der Waals surface area contributed by atoms with E-state index >= 15 is 0 Å². The molecule has 4 nitrogen and oxygen atoms in total. The second-order valence-electron chi connectivity index (χ2n) is 5.74. The van der Waals surface area contributed by atoms with Gasteiger partial charge in [0.2, 0.25) is 0 Å². The Morgan fingerprint density at radius 3 is 2.82 bits per heavy atom. The summed E-state index contributed by atoms with van der Waals surface area (Å²) in [4.78, 5) is 14.7. The van der Waals surface area contributed by atoms with Crippen LogP contribution in [0, 0.1) is 0 Å². The number of hydrogen-bond donors (Lipinski definition) is 1. The van der Waals surface area contributed by atoms with E-state index in [0.29, 0.717) is 17.9 Å². The summed E-state index contributed by atoms with van der Waals surface area (Å²) in [5, 5.41) is 3.32. The molecule has 1 amide bonds. The zero-order valence-electron chi connectivity index (χ0n) is 12.3. The molecule has 1 unspecified atom stereocenters. The van der Waals surface area contributed by atoms with Crippen LogP contribution >= 0.6 is 0 Å². The normalized spacial score (nSPS) is 20.6. The van der Waals surface area contributed by atoms with Crippen molar-refractivity contribution < 1.29 is 9.53 Å². The van der Waals surface area contributed by atoms with Crippen molar-refractivity contribution in [1.82, 2.24) is 10.2 Å². The van der Waals surface area contributed by atoms with Gasteiger partial charge in [-0.3, -0.25) is 4.79 Å². The fraction of sp³-hybridized carbons (Fsp3) is 0.278. The van der Waals surface area contributed by atoms with Crippen molar-refractivity contribution in [2.45, 2.75) is 6.04 Å². The fourth-order valence-corrected chi connectivity index (χ4v) is 3.15. The van der Waals surface area contributed by atoms with Gasteiger partial charge in [0.1, 0.15) is 12.4 Å². The highest BCUT2D eigenvalue weighted by atomic mass is 16.5. The maximum Gasteiger partial charge on any atom is 0.258 e. The van der Waals surface area contributed by atoms with Crippen LogP contribution in [0.15, 0.2) is 48.5 Å². The second-order valence-corrected chi connectivity index (χ2v) is 5.74. The highest BCUT2D eigenvalue weighted by molar-refractivity contribution is 5.98. The molecule has 0 bridgehead atoms. The first-order valence-electron chi connectivity index (χ1n) is 7.67. The minimum absolute atomic E-state index is 0.0820. The molecular formula is C18H18N2O2. The predicted molar refractivity (Wildman–Crippen MR) is 85.1 cm³/mol. The van der Waals surface area contributed by atoms with Crippen LogP contribution in [-0.2, 0) is 0 Å². The van der Waals surface area contributed by atoms with Crippen molar-refractivity contribution in [1.29, 1.82) is 0 Å². The first kappa shape index (κ1) is 13.3. The van der Waals surface area contributed by atoms with Gasteiger partial charge in [-0.15, -0.1) is 0 Å². The van der Waals surface area contributed by atoms with E-state index in [2.05, 4.69) is 17.4 Å². The van der Waals surface area contributed by atoms with E-state index in [-0.39, 0.29) is 11.9 Å². The van der Waals surface area contributed by atoms with Crippen LogP contribution in [0.1, 0.15) is 10.4 Å². The Bertz CT molecular complexity index is 699. The maximum absolute atomic E-state index is 12.7. The molecule has 2 aliphatic heterocycles. The summed E-state index contributed by atoms with van der Waals surface area (Å²) < 4.78 is 5.95. The number of benzene rings is 2. The number of nitrogens with one attached hydrogen (secondary N) is 1. The first-order valence-corrected chi connectivity index (χ1v) is 7.67. The molecule has 2 heterocycles. The smallest absolute Gasteiger partial charge is 0.258 e. The van der Waals surface area contributed by atoms with Crippen LogP contribution in [0.4, 0.5) is 0 Å². The third-order valence-corrected chi connectivity index (χ3v) is 4.36. The summed E-state index contributed by atoms with van der Waals surface area (Å²) in [6, 6.07) is 16.1. The van der Waals surface area contributed by atoms with Crippen LogP contribution in [-0.4, -0.2) is 43.1 Å². The Kier molecular flexibility index (Phi) is 3.31. The van der Waals surface area contributed by atoms with Crippen molar-refractivity contribution in [3.8, 4) is 16.9 Å². The predicted octanol–water partition coefficient (Wildman–Crippen LogP) is 2.16. The van der Waals surface area contributed by atoms with Gasteiger partial charge < -0.3 is 15.0 Å². The van der Waals surface area contributed by atoms with Crippen molar-refractivity contribution in [3.63, 3.8) is 0 Å². The second kappa shape index (κ2) is 5.46. The molecule has 0 aromatic heterocycles. The van der Waals surface area contributed by atoms with Gasteiger partial charge in [0, 0.05) is 19.6 Å². The van der Waals surface area contributed by atoms with Gasteiger partial charge in [-0.05, 0) is 23.3 Å². The number of carbonyl (C=O) groups is 1. The van der Waals surface area contributed by atoms with Crippen LogP contribution < -0.4 is 10.1 Å². The van der Waals surface area contributed by atoms with Crippen molar-refractivity contribution >= 4 is 5.91 Å². The van der Waals surface area contributed by atoms with Crippen LogP contribution in [0.3, 0.4) is 0 Å². The molecule has 22 heavy (non-hydrogen) atoms. The zero-order valence-corrected chi connectivity index (χ0v) is 12.3. The molecule has 0 radical (unpaired) electrons. The Labute approximate surface area is 129 Å². The summed E-state index contributed by atoms with van der Waals surface area (Å²) in [5.74, 6) is 0.777. The van der Waals surface area contributed by atoms with Crippen molar-refractivity contribution in [2.75, 3.05) is 26.2 Å². The van der Waals surface area contributed by atoms with E-state index in [1.165, 1.54) is 0 Å². The van der Waals surface area contributed by atoms with Crippen molar-refractivity contribution in [2.24, 2.45) is 0 Å². The standard InChI is InChI=1S/C18H18N2O2/c21-18-16-7-6-14(13-4-2-1-3-5-13)10-17(16)22-12-15-11-19-8-9-20(15)18/h1-7,10,15,19H,8-9,11-12H2. The summed E-state index contributed by atoms with van der Waals surface area (Å²) in [5.41, 5.74) is 2.87. The Hall–Kier alpha value is -2.33. The number of fused-ring (bicyclic) bond motifs is 2. The summed E-state index contributed by atoms with van der Waals surface area (Å²) in [6.45, 7) is 2.93. The Balaban J connectivity index is 1.72. The highest BCUT2D eigenvalue weighted by Crippen LogP contribution is 2.31. The summed E-state index contributed by atoms with van der Waals surface area (Å²) in [6.07, 6.45) is 0. The quantitative estimate of drug-likeness (QED) is 0.876.